The van der Waals surface area contributed by atoms with Crippen LogP contribution in [0.3, 0.4) is 0 Å². The van der Waals surface area contributed by atoms with Crippen molar-refractivity contribution in [3.8, 4) is 0 Å². The van der Waals surface area contributed by atoms with Gasteiger partial charge in [-0.05, 0) is 6.08 Å². The molecular weight excluding hydrogens is 238 g/mol. The molecule has 0 amide bonds. The molecule has 0 saturated carbocycles. The molecule has 1 unspecified atom stereocenters. The van der Waals surface area contributed by atoms with Crippen LogP contribution >= 0.6 is 0 Å². The maximum atomic E-state index is 10.9. The van der Waals surface area contributed by atoms with Gasteiger partial charge in [-0.3, -0.25) is 15.5 Å². The lowest BCUT2D eigenvalue weighted by Gasteiger charge is -2.20. The molecule has 1 aromatic rings. The van der Waals surface area contributed by atoms with Gasteiger partial charge in [-0.1, -0.05) is 0 Å². The van der Waals surface area contributed by atoms with Gasteiger partial charge in [0.05, 0.1) is 11.0 Å². The number of nitrogens with zero attached hydrogens (tertiary/aromatic N) is 4. The molecule has 2 aliphatic rings. The second kappa shape index (κ2) is 3.87. The van der Waals surface area contributed by atoms with E-state index in [0.717, 1.165) is 5.57 Å². The minimum absolute atomic E-state index is 0.0352. The zero-order chi connectivity index (χ0) is 12.5. The fraction of sp³-hybridized carbons (Fsp3) is 0.111. The van der Waals surface area contributed by atoms with E-state index in [1.807, 2.05) is 0 Å². The third kappa shape index (κ3) is 1.57. The standard InChI is InChI=1S/C9H9N7O2/c17-16(18)8-2-1-7(6-3-10-13-9(6)8)14-15-4-11-12-5-15/h1-5,7,10,13-14H. The van der Waals surface area contributed by atoms with Crippen LogP contribution < -0.4 is 16.3 Å². The molecule has 3 rings (SSSR count). The number of nitrogens with one attached hydrogen (secondary N) is 3. The van der Waals surface area contributed by atoms with E-state index in [2.05, 4.69) is 26.5 Å². The maximum Gasteiger partial charge on any atom is 0.294 e. The van der Waals surface area contributed by atoms with Gasteiger partial charge in [0.2, 0.25) is 0 Å². The summed E-state index contributed by atoms with van der Waals surface area (Å²) in [6.45, 7) is 0. The van der Waals surface area contributed by atoms with E-state index >= 15 is 0 Å². The van der Waals surface area contributed by atoms with Crippen LogP contribution in [0.15, 0.2) is 48.0 Å². The van der Waals surface area contributed by atoms with Gasteiger partial charge in [0.25, 0.3) is 5.70 Å². The Morgan fingerprint density at radius 3 is 2.94 bits per heavy atom. The van der Waals surface area contributed by atoms with Crippen molar-refractivity contribution < 1.29 is 4.92 Å². The first-order chi connectivity index (χ1) is 8.75. The molecule has 1 atom stereocenters. The van der Waals surface area contributed by atoms with Crippen LogP contribution in [-0.4, -0.2) is 25.8 Å². The summed E-state index contributed by atoms with van der Waals surface area (Å²) in [4.78, 5) is 10.5. The highest BCUT2D eigenvalue weighted by Gasteiger charge is 2.31. The van der Waals surface area contributed by atoms with E-state index in [1.54, 1.807) is 17.0 Å². The number of hydrogen-bond donors (Lipinski definition) is 3. The van der Waals surface area contributed by atoms with Crippen LogP contribution in [0, 0.1) is 10.1 Å². The number of hydrogen-bond acceptors (Lipinski definition) is 7. The van der Waals surface area contributed by atoms with Gasteiger partial charge in [-0.25, -0.2) is 4.68 Å². The topological polar surface area (TPSA) is 110 Å². The normalized spacial score (nSPS) is 20.9. The van der Waals surface area contributed by atoms with E-state index in [1.165, 1.54) is 18.7 Å². The summed E-state index contributed by atoms with van der Waals surface area (Å²) in [7, 11) is 0. The van der Waals surface area contributed by atoms with Gasteiger partial charge in [0, 0.05) is 17.8 Å². The summed E-state index contributed by atoms with van der Waals surface area (Å²) in [5, 5.41) is 18.2. The number of rotatable bonds is 3. The first-order valence-corrected chi connectivity index (χ1v) is 5.16. The molecule has 1 aromatic heterocycles. The molecule has 9 heteroatoms. The lowest BCUT2D eigenvalue weighted by Crippen LogP contribution is -2.32. The SMILES string of the molecule is O=[N+]([O-])C1=C2NNC=C2C(Nn2cnnc2)C=C1. The van der Waals surface area contributed by atoms with E-state index in [9.17, 15) is 10.1 Å². The Hall–Kier alpha value is -2.84. The largest absolute Gasteiger partial charge is 0.312 e. The fourth-order valence-electron chi connectivity index (χ4n) is 1.85. The summed E-state index contributed by atoms with van der Waals surface area (Å²) < 4.78 is 1.59. The highest BCUT2D eigenvalue weighted by atomic mass is 16.6. The van der Waals surface area contributed by atoms with Crippen molar-refractivity contribution in [2.45, 2.75) is 6.04 Å². The van der Waals surface area contributed by atoms with Crippen molar-refractivity contribution in [3.05, 3.63) is 58.1 Å². The summed E-state index contributed by atoms with van der Waals surface area (Å²) in [6, 6.07) is -0.192. The lowest BCUT2D eigenvalue weighted by atomic mass is 9.99. The Morgan fingerprint density at radius 2 is 2.22 bits per heavy atom. The maximum absolute atomic E-state index is 10.9. The molecule has 0 fully saturated rings. The molecule has 1 aliphatic heterocycles. The average molecular weight is 247 g/mol. The monoisotopic (exact) mass is 247 g/mol. The van der Waals surface area contributed by atoms with E-state index in [0.29, 0.717) is 5.70 Å². The molecule has 0 spiro atoms. The molecule has 1 aliphatic carbocycles. The predicted molar refractivity (Wildman–Crippen MR) is 60.7 cm³/mol. The number of aromatic nitrogens is 3. The Bertz CT molecular complexity index is 572. The van der Waals surface area contributed by atoms with Crippen LogP contribution in [0.4, 0.5) is 0 Å². The third-order valence-corrected chi connectivity index (χ3v) is 2.65. The molecule has 0 bridgehead atoms. The van der Waals surface area contributed by atoms with Gasteiger partial charge in [0.15, 0.2) is 0 Å². The van der Waals surface area contributed by atoms with Gasteiger partial charge in [-0.2, -0.15) is 0 Å². The zero-order valence-electron chi connectivity index (χ0n) is 9.07. The first-order valence-electron chi connectivity index (χ1n) is 5.16. The Morgan fingerprint density at radius 1 is 1.44 bits per heavy atom. The van der Waals surface area contributed by atoms with Crippen molar-refractivity contribution in [1.82, 2.24) is 25.7 Å². The molecule has 2 heterocycles. The van der Waals surface area contributed by atoms with Crippen molar-refractivity contribution in [2.75, 3.05) is 5.43 Å². The van der Waals surface area contributed by atoms with E-state index < -0.39 is 4.92 Å². The Balaban J connectivity index is 1.89. The van der Waals surface area contributed by atoms with Crippen LogP contribution in [0.25, 0.3) is 0 Å². The minimum Gasteiger partial charge on any atom is -0.312 e. The van der Waals surface area contributed by atoms with Crippen molar-refractivity contribution in [3.63, 3.8) is 0 Å². The third-order valence-electron chi connectivity index (χ3n) is 2.65. The summed E-state index contributed by atoms with van der Waals surface area (Å²) in [5.41, 5.74) is 9.88. The van der Waals surface area contributed by atoms with Gasteiger partial charge < -0.3 is 10.9 Å². The van der Waals surface area contributed by atoms with E-state index in [4.69, 9.17) is 0 Å². The second-order valence-corrected chi connectivity index (χ2v) is 3.72. The second-order valence-electron chi connectivity index (χ2n) is 3.72. The first kappa shape index (κ1) is 10.3. The molecule has 9 nitrogen and oxygen atoms in total. The quantitative estimate of drug-likeness (QED) is 0.475. The lowest BCUT2D eigenvalue weighted by molar-refractivity contribution is -0.420. The summed E-state index contributed by atoms with van der Waals surface area (Å²) in [5.74, 6) is 0. The molecule has 3 N–H and O–H groups in total. The van der Waals surface area contributed by atoms with Gasteiger partial charge >= 0.3 is 0 Å². The van der Waals surface area contributed by atoms with Crippen LogP contribution in [0.5, 0.6) is 0 Å². The number of fused-ring (bicyclic) bond motifs is 1. The Kier molecular flexibility index (Phi) is 2.22. The number of hydrazine groups is 1. The van der Waals surface area contributed by atoms with Gasteiger partial charge in [-0.15, -0.1) is 10.2 Å². The number of nitro groups is 1. The predicted octanol–water partition coefficient (Wildman–Crippen LogP) is -0.760. The summed E-state index contributed by atoms with van der Waals surface area (Å²) in [6.07, 6.45) is 7.88. The van der Waals surface area contributed by atoms with Crippen LogP contribution in [0.1, 0.15) is 0 Å². The highest BCUT2D eigenvalue weighted by molar-refractivity contribution is 5.49. The molecular formula is C9H9N7O2. The zero-order valence-corrected chi connectivity index (χ0v) is 9.07. The smallest absolute Gasteiger partial charge is 0.294 e. The van der Waals surface area contributed by atoms with Crippen LogP contribution in [-0.2, 0) is 0 Å². The highest BCUT2D eigenvalue weighted by Crippen LogP contribution is 2.25. The molecule has 92 valence electrons. The van der Waals surface area contributed by atoms with E-state index in [-0.39, 0.29) is 11.7 Å². The average Bonchev–Trinajstić information content (AvgIpc) is 2.98. The molecule has 18 heavy (non-hydrogen) atoms. The Labute approximate surface area is 101 Å². The molecule has 0 aromatic carbocycles. The van der Waals surface area contributed by atoms with Crippen molar-refractivity contribution in [2.24, 2.45) is 0 Å². The van der Waals surface area contributed by atoms with Crippen LogP contribution in [0.2, 0.25) is 0 Å². The van der Waals surface area contributed by atoms with Crippen molar-refractivity contribution >= 4 is 0 Å². The van der Waals surface area contributed by atoms with Gasteiger partial charge in [0.1, 0.15) is 18.4 Å². The van der Waals surface area contributed by atoms with Crippen molar-refractivity contribution in [1.29, 1.82) is 0 Å². The molecule has 0 radical (unpaired) electrons. The summed E-state index contributed by atoms with van der Waals surface area (Å²) >= 11 is 0. The number of allylic oxidation sites excluding steroid dienone is 1. The fourth-order valence-corrected chi connectivity index (χ4v) is 1.85. The molecule has 0 saturated heterocycles. The minimum atomic E-state index is -0.422.